The summed E-state index contributed by atoms with van der Waals surface area (Å²) in [7, 11) is 6.42. The van der Waals surface area contributed by atoms with E-state index in [1.165, 1.54) is 0 Å². The van der Waals surface area contributed by atoms with Gasteiger partial charge in [0.25, 0.3) is 0 Å². The second-order valence-corrected chi connectivity index (χ2v) is 8.83. The Balaban J connectivity index is 1.61. The van der Waals surface area contributed by atoms with Crippen LogP contribution in [0.15, 0.2) is 78.9 Å². The predicted molar refractivity (Wildman–Crippen MR) is 143 cm³/mol. The van der Waals surface area contributed by atoms with Gasteiger partial charge in [-0.3, -0.25) is 0 Å². The third kappa shape index (κ3) is 4.56. The highest BCUT2D eigenvalue weighted by molar-refractivity contribution is 5.82. The van der Waals surface area contributed by atoms with Crippen LogP contribution in [0.3, 0.4) is 0 Å². The summed E-state index contributed by atoms with van der Waals surface area (Å²) in [6.45, 7) is 0. The first-order chi connectivity index (χ1) is 18.1. The molecule has 0 aromatic heterocycles. The van der Waals surface area contributed by atoms with Gasteiger partial charge in [0, 0.05) is 18.1 Å². The van der Waals surface area contributed by atoms with Crippen molar-refractivity contribution in [2.75, 3.05) is 28.4 Å². The van der Waals surface area contributed by atoms with Gasteiger partial charge in [0.2, 0.25) is 0 Å². The van der Waals surface area contributed by atoms with Crippen molar-refractivity contribution in [2.45, 2.75) is 18.6 Å². The molecule has 1 heterocycles. The van der Waals surface area contributed by atoms with E-state index in [4.69, 9.17) is 23.7 Å². The molecule has 0 spiro atoms. The first-order valence-corrected chi connectivity index (χ1v) is 12.1. The lowest BCUT2D eigenvalue weighted by molar-refractivity contribution is 0.0201. The Morgan fingerprint density at radius 1 is 0.649 bits per heavy atom. The third-order valence-corrected chi connectivity index (χ3v) is 6.77. The molecule has 4 aromatic carbocycles. The van der Waals surface area contributed by atoms with E-state index in [-0.39, 0.29) is 0 Å². The minimum Gasteiger partial charge on any atom is -0.496 e. The van der Waals surface area contributed by atoms with Crippen LogP contribution >= 0.6 is 0 Å². The van der Waals surface area contributed by atoms with Gasteiger partial charge in [0.05, 0.1) is 40.1 Å². The SMILES string of the molecule is COc1ccc([C@H]2Oc3c(c(OC)cc(OC)c3-c3ccc(-c4ccccc4)cc3)C[C@H]2O)cc1OC. The Kier molecular flexibility index (Phi) is 6.93. The van der Waals surface area contributed by atoms with Crippen molar-refractivity contribution in [3.63, 3.8) is 0 Å². The largest absolute Gasteiger partial charge is 0.496 e. The zero-order valence-electron chi connectivity index (χ0n) is 21.4. The highest BCUT2D eigenvalue weighted by Gasteiger charge is 2.35. The maximum Gasteiger partial charge on any atom is 0.161 e. The second kappa shape index (κ2) is 10.4. The summed E-state index contributed by atoms with van der Waals surface area (Å²) in [4.78, 5) is 0. The van der Waals surface area contributed by atoms with Gasteiger partial charge in [-0.05, 0) is 34.4 Å². The zero-order chi connectivity index (χ0) is 25.9. The Bertz CT molecular complexity index is 1380. The van der Waals surface area contributed by atoms with Crippen LogP contribution in [0, 0.1) is 0 Å². The average molecular weight is 499 g/mol. The van der Waals surface area contributed by atoms with Crippen LogP contribution < -0.4 is 23.7 Å². The number of fused-ring (bicyclic) bond motifs is 1. The summed E-state index contributed by atoms with van der Waals surface area (Å²) in [5.74, 6) is 3.06. The lowest BCUT2D eigenvalue weighted by Crippen LogP contribution is -2.31. The minimum absolute atomic E-state index is 0.358. The molecule has 5 rings (SSSR count). The van der Waals surface area contributed by atoms with Crippen molar-refractivity contribution in [3.8, 4) is 51.0 Å². The summed E-state index contributed by atoms with van der Waals surface area (Å²) < 4.78 is 28.9. The van der Waals surface area contributed by atoms with E-state index in [1.807, 2.05) is 42.5 Å². The molecule has 0 aliphatic carbocycles. The first kappa shape index (κ1) is 24.5. The quantitative estimate of drug-likeness (QED) is 0.333. The number of hydrogen-bond donors (Lipinski definition) is 1. The van der Waals surface area contributed by atoms with Crippen molar-refractivity contribution in [3.05, 3.63) is 90.0 Å². The summed E-state index contributed by atoms with van der Waals surface area (Å²) >= 11 is 0. The molecule has 1 aliphatic rings. The fourth-order valence-electron chi connectivity index (χ4n) is 4.89. The van der Waals surface area contributed by atoms with Crippen LogP contribution in [0.25, 0.3) is 22.3 Å². The van der Waals surface area contributed by atoms with Gasteiger partial charge >= 0.3 is 0 Å². The molecule has 1 aliphatic heterocycles. The van der Waals surface area contributed by atoms with Crippen molar-refractivity contribution in [2.24, 2.45) is 0 Å². The predicted octanol–water partition coefficient (Wildman–Crippen LogP) is 6.09. The molecule has 6 nitrogen and oxygen atoms in total. The van der Waals surface area contributed by atoms with Crippen LogP contribution in [-0.4, -0.2) is 39.6 Å². The number of rotatable bonds is 7. The Morgan fingerprint density at radius 3 is 1.92 bits per heavy atom. The molecule has 0 amide bonds. The van der Waals surface area contributed by atoms with Gasteiger partial charge < -0.3 is 28.8 Å². The number of hydrogen-bond acceptors (Lipinski definition) is 6. The summed E-state index contributed by atoms with van der Waals surface area (Å²) in [6, 6.07) is 25.9. The normalized spacial score (nSPS) is 16.4. The van der Waals surface area contributed by atoms with Crippen LogP contribution in [0.2, 0.25) is 0 Å². The van der Waals surface area contributed by atoms with Crippen molar-refractivity contribution >= 4 is 0 Å². The molecule has 0 saturated carbocycles. The summed E-state index contributed by atoms with van der Waals surface area (Å²) in [5.41, 5.74) is 5.60. The van der Waals surface area contributed by atoms with Crippen LogP contribution in [0.4, 0.5) is 0 Å². The van der Waals surface area contributed by atoms with Gasteiger partial charge in [-0.15, -0.1) is 0 Å². The van der Waals surface area contributed by atoms with E-state index in [0.717, 1.165) is 33.4 Å². The zero-order valence-corrected chi connectivity index (χ0v) is 21.4. The smallest absolute Gasteiger partial charge is 0.161 e. The van der Waals surface area contributed by atoms with Gasteiger partial charge in [-0.25, -0.2) is 0 Å². The van der Waals surface area contributed by atoms with Gasteiger partial charge in [0.1, 0.15) is 23.4 Å². The summed E-state index contributed by atoms with van der Waals surface area (Å²) in [5, 5.41) is 11.1. The molecule has 2 atom stereocenters. The number of methoxy groups -OCH3 is 4. The molecule has 4 aromatic rings. The second-order valence-electron chi connectivity index (χ2n) is 8.83. The minimum atomic E-state index is -0.791. The van der Waals surface area contributed by atoms with E-state index in [0.29, 0.717) is 35.2 Å². The Labute approximate surface area is 217 Å². The topological polar surface area (TPSA) is 66.4 Å². The lowest BCUT2D eigenvalue weighted by atomic mass is 9.89. The van der Waals surface area contributed by atoms with E-state index in [9.17, 15) is 5.11 Å². The van der Waals surface area contributed by atoms with Crippen LogP contribution in [-0.2, 0) is 6.42 Å². The fraction of sp³-hybridized carbons (Fsp3) is 0.226. The Hall–Kier alpha value is -4.16. The van der Waals surface area contributed by atoms with E-state index < -0.39 is 12.2 Å². The molecule has 0 saturated heterocycles. The molecule has 0 bridgehead atoms. The van der Waals surface area contributed by atoms with E-state index >= 15 is 0 Å². The average Bonchev–Trinajstić information content (AvgIpc) is 2.96. The highest BCUT2D eigenvalue weighted by atomic mass is 16.5. The van der Waals surface area contributed by atoms with E-state index in [1.54, 1.807) is 28.4 Å². The van der Waals surface area contributed by atoms with E-state index in [2.05, 4.69) is 36.4 Å². The summed E-state index contributed by atoms with van der Waals surface area (Å²) in [6.07, 6.45) is -1.05. The van der Waals surface area contributed by atoms with Crippen LogP contribution in [0.5, 0.6) is 28.7 Å². The third-order valence-electron chi connectivity index (χ3n) is 6.77. The maximum absolute atomic E-state index is 11.1. The number of benzene rings is 4. The molecule has 0 radical (unpaired) electrons. The van der Waals surface area contributed by atoms with Gasteiger partial charge in [-0.2, -0.15) is 0 Å². The standard InChI is InChI=1S/C31H30O6/c1-33-25-15-14-22(16-27(25)35-3)30-24(32)17-23-26(34-2)18-28(36-4)29(31(23)37-30)21-12-10-20(11-13-21)19-8-6-5-7-9-19/h5-16,18,24,30,32H,17H2,1-4H3/t24-,30-/m1/s1. The van der Waals surface area contributed by atoms with Crippen LogP contribution in [0.1, 0.15) is 17.2 Å². The molecule has 190 valence electrons. The van der Waals surface area contributed by atoms with Crippen molar-refractivity contribution < 1.29 is 28.8 Å². The molecule has 0 unspecified atom stereocenters. The maximum atomic E-state index is 11.1. The molecule has 37 heavy (non-hydrogen) atoms. The molecule has 6 heteroatoms. The number of ether oxygens (including phenoxy) is 5. The lowest BCUT2D eigenvalue weighted by Gasteiger charge is -2.34. The van der Waals surface area contributed by atoms with Crippen molar-refractivity contribution in [1.29, 1.82) is 0 Å². The van der Waals surface area contributed by atoms with Gasteiger partial charge in [0.15, 0.2) is 11.5 Å². The highest BCUT2D eigenvalue weighted by Crippen LogP contribution is 2.51. The molecular formula is C31H30O6. The Morgan fingerprint density at radius 2 is 1.27 bits per heavy atom. The fourth-order valence-corrected chi connectivity index (χ4v) is 4.89. The molecular weight excluding hydrogens is 468 g/mol. The number of aliphatic hydroxyl groups is 1. The first-order valence-electron chi connectivity index (χ1n) is 12.1. The number of aliphatic hydroxyl groups excluding tert-OH is 1. The van der Waals surface area contributed by atoms with Gasteiger partial charge in [-0.1, -0.05) is 60.7 Å². The van der Waals surface area contributed by atoms with Crippen molar-refractivity contribution in [1.82, 2.24) is 0 Å². The molecule has 0 fully saturated rings. The monoisotopic (exact) mass is 498 g/mol. The molecule has 1 N–H and O–H groups in total.